The third kappa shape index (κ3) is 9.68. The summed E-state index contributed by atoms with van der Waals surface area (Å²) >= 11 is 0. The molecule has 1 aromatic heterocycles. The number of hydrogen-bond donors (Lipinski definition) is 3. The summed E-state index contributed by atoms with van der Waals surface area (Å²) in [5, 5.41) is 4.89. The number of aromatic nitrogens is 2. The lowest BCUT2D eigenvalue weighted by atomic mass is 9.88. The van der Waals surface area contributed by atoms with Gasteiger partial charge in [-0.1, -0.05) is 26.0 Å². The highest BCUT2D eigenvalue weighted by molar-refractivity contribution is 7.91. The van der Waals surface area contributed by atoms with E-state index in [0.29, 0.717) is 39.5 Å². The summed E-state index contributed by atoms with van der Waals surface area (Å²) in [6.45, 7) is 7.43. The molecule has 15 nitrogen and oxygen atoms in total. The van der Waals surface area contributed by atoms with E-state index in [2.05, 4.69) is 25.3 Å². The van der Waals surface area contributed by atoms with Gasteiger partial charge in [0.1, 0.15) is 29.5 Å². The van der Waals surface area contributed by atoms with Gasteiger partial charge in [-0.05, 0) is 90.2 Å². The van der Waals surface area contributed by atoms with Crippen LogP contribution in [0.5, 0.6) is 11.6 Å². The first kappa shape index (κ1) is 46.6. The Hall–Kier alpha value is -4.89. The fourth-order valence-electron chi connectivity index (χ4n) is 7.74. The van der Waals surface area contributed by atoms with Crippen molar-refractivity contribution in [1.82, 2.24) is 30.2 Å². The number of rotatable bonds is 9. The van der Waals surface area contributed by atoms with Crippen LogP contribution in [0.4, 0.5) is 31.1 Å². The number of fused-ring (bicyclic) bond motifs is 3. The first-order valence-corrected chi connectivity index (χ1v) is 21.8. The summed E-state index contributed by atoms with van der Waals surface area (Å²) in [5.74, 6) is -5.40. The van der Waals surface area contributed by atoms with E-state index in [1.54, 1.807) is 26.0 Å². The van der Waals surface area contributed by atoms with Crippen LogP contribution in [0.15, 0.2) is 30.4 Å². The molecule has 0 radical (unpaired) electrons. The van der Waals surface area contributed by atoms with Gasteiger partial charge in [0.2, 0.25) is 39.0 Å². The maximum Gasteiger partial charge on any atom is 0.438 e. The average molecular weight is 905 g/mol. The molecular weight excluding hydrogens is 855 g/mol. The number of carbonyl (C=O) groups is 4. The van der Waals surface area contributed by atoms with E-state index in [0.717, 1.165) is 4.90 Å². The van der Waals surface area contributed by atoms with E-state index in [1.807, 2.05) is 6.92 Å². The highest BCUT2D eigenvalue weighted by Crippen LogP contribution is 2.48. The maximum absolute atomic E-state index is 14.7. The van der Waals surface area contributed by atoms with Crippen molar-refractivity contribution in [3.63, 3.8) is 0 Å². The fourth-order valence-corrected chi connectivity index (χ4v) is 9.05. The number of halogens is 6. The van der Waals surface area contributed by atoms with Crippen molar-refractivity contribution in [2.45, 2.75) is 133 Å². The standard InChI is InChI=1S/C40H50F6N6O9S/c1-7-59-24-12-13-26-27(17-24)48-32(30(47-26)39(41,42)43)60-25-18-28-31(53)50-38(34(55)51-62(57,58)37(6)14-15-37)19-23(38)11-9-8-10-21(2)16-22(3)29(33(54)52(28)20-25)49-35(56)61-36(4,5)40(44,45)46/h9,11-13,17,21-23,25,28-29H,7-8,10,14-16,18-20H2,1-6H3,(H,49,56)(H,50,53)(H,51,55)/b11-9-/t21-,22-,23-,25-,28+,29+,38-/m1/s1. The number of alkyl carbamates (subject to hydrolysis) is 1. The third-order valence-corrected chi connectivity index (χ3v) is 14.2. The van der Waals surface area contributed by atoms with Gasteiger partial charge >= 0.3 is 18.4 Å². The minimum absolute atomic E-state index is 0.0309. The van der Waals surface area contributed by atoms with Crippen molar-refractivity contribution in [1.29, 1.82) is 0 Å². The van der Waals surface area contributed by atoms with Gasteiger partial charge in [0.25, 0.3) is 5.91 Å². The molecule has 3 fully saturated rings. The van der Waals surface area contributed by atoms with Gasteiger partial charge < -0.3 is 29.7 Å². The van der Waals surface area contributed by atoms with Crippen molar-refractivity contribution < 1.29 is 68.1 Å². The largest absolute Gasteiger partial charge is 0.494 e. The number of carbonyl (C=O) groups excluding carboxylic acids is 4. The molecule has 342 valence electrons. The summed E-state index contributed by atoms with van der Waals surface area (Å²) in [6.07, 6.45) is -8.40. The van der Waals surface area contributed by atoms with E-state index in [4.69, 9.17) is 14.2 Å². The molecule has 3 N–H and O–H groups in total. The van der Waals surface area contributed by atoms with Crippen LogP contribution in [0.3, 0.4) is 0 Å². The number of hydrogen-bond acceptors (Lipinski definition) is 11. The Morgan fingerprint density at radius 1 is 1.03 bits per heavy atom. The fraction of sp³-hybridized carbons (Fsp3) is 0.650. The number of benzene rings is 1. The van der Waals surface area contributed by atoms with Crippen LogP contribution in [0.25, 0.3) is 11.0 Å². The molecule has 2 aromatic rings. The molecule has 3 heterocycles. The normalized spacial score (nSPS) is 28.6. The number of ether oxygens (including phenoxy) is 3. The molecule has 22 heteroatoms. The predicted octanol–water partition coefficient (Wildman–Crippen LogP) is 5.72. The maximum atomic E-state index is 14.7. The predicted molar refractivity (Wildman–Crippen MR) is 209 cm³/mol. The Bertz CT molecular complexity index is 2230. The molecule has 4 amide bonds. The molecule has 0 bridgehead atoms. The van der Waals surface area contributed by atoms with Crippen molar-refractivity contribution in [3.8, 4) is 11.6 Å². The van der Waals surface area contributed by atoms with Gasteiger partial charge in [0.05, 0.1) is 28.9 Å². The smallest absolute Gasteiger partial charge is 0.438 e. The Morgan fingerprint density at radius 3 is 2.35 bits per heavy atom. The second-order valence-electron chi connectivity index (χ2n) is 17.4. The van der Waals surface area contributed by atoms with Gasteiger partial charge in [-0.25, -0.2) is 23.2 Å². The van der Waals surface area contributed by atoms with Crippen LogP contribution in [0, 0.1) is 17.8 Å². The Balaban J connectivity index is 1.39. The van der Waals surface area contributed by atoms with Gasteiger partial charge in [0, 0.05) is 18.4 Å². The minimum atomic E-state index is -5.09. The molecule has 1 aromatic carbocycles. The third-order valence-electron chi connectivity index (χ3n) is 12.0. The van der Waals surface area contributed by atoms with E-state index >= 15 is 0 Å². The molecule has 0 unspecified atom stereocenters. The summed E-state index contributed by atoms with van der Waals surface area (Å²) in [7, 11) is -4.19. The molecule has 2 aliphatic heterocycles. The second kappa shape index (κ2) is 16.7. The van der Waals surface area contributed by atoms with Gasteiger partial charge in [-0.3, -0.25) is 19.1 Å². The molecule has 4 aliphatic rings. The van der Waals surface area contributed by atoms with E-state index in [-0.39, 0.29) is 42.1 Å². The summed E-state index contributed by atoms with van der Waals surface area (Å²) < 4.78 is 128. The van der Waals surface area contributed by atoms with Crippen molar-refractivity contribution in [2.75, 3.05) is 13.2 Å². The van der Waals surface area contributed by atoms with Crippen LogP contribution in [0.1, 0.15) is 92.2 Å². The van der Waals surface area contributed by atoms with Gasteiger partial charge in [-0.2, -0.15) is 26.3 Å². The molecule has 2 saturated carbocycles. The number of sulfonamides is 1. The summed E-state index contributed by atoms with van der Waals surface area (Å²) in [6, 6.07) is 0.770. The van der Waals surface area contributed by atoms with Crippen LogP contribution in [0.2, 0.25) is 0 Å². The topological polar surface area (TPSA) is 195 Å². The number of amides is 4. The summed E-state index contributed by atoms with van der Waals surface area (Å²) in [5.41, 5.74) is -6.49. The first-order valence-electron chi connectivity index (χ1n) is 20.3. The lowest BCUT2D eigenvalue weighted by molar-refractivity contribution is -0.244. The molecule has 1 saturated heterocycles. The molecule has 6 rings (SSSR count). The highest BCUT2D eigenvalue weighted by Gasteiger charge is 2.63. The molecular formula is C40H50F6N6O9S. The van der Waals surface area contributed by atoms with E-state index in [1.165, 1.54) is 25.1 Å². The summed E-state index contributed by atoms with van der Waals surface area (Å²) in [4.78, 5) is 65.0. The van der Waals surface area contributed by atoms with Gasteiger partial charge in [-0.15, -0.1) is 0 Å². The van der Waals surface area contributed by atoms with Crippen molar-refractivity contribution in [2.24, 2.45) is 17.8 Å². The zero-order valence-electron chi connectivity index (χ0n) is 34.9. The van der Waals surface area contributed by atoms with Crippen LogP contribution in [-0.2, 0) is 35.3 Å². The average Bonchev–Trinajstić information content (AvgIpc) is 4.04. The molecule has 0 spiro atoms. The Kier molecular flexibility index (Phi) is 12.5. The van der Waals surface area contributed by atoms with Crippen LogP contribution >= 0.6 is 0 Å². The first-order chi connectivity index (χ1) is 28.7. The number of nitrogens with zero attached hydrogens (tertiary/aromatic N) is 3. The minimum Gasteiger partial charge on any atom is -0.494 e. The molecule has 7 atom stereocenters. The van der Waals surface area contributed by atoms with E-state index in [9.17, 15) is 53.9 Å². The quantitative estimate of drug-likeness (QED) is 0.206. The van der Waals surface area contributed by atoms with Crippen LogP contribution in [-0.4, -0.2) is 101 Å². The van der Waals surface area contributed by atoms with E-state index < -0.39 is 117 Å². The SMILES string of the molecule is CCOc1ccc2nc(C(F)(F)F)c(O[C@@H]3C[C@H]4C(=O)N[C@]5(C(=O)NS(=O)(=O)C6(C)CC6)C[C@H]5/C=C\CC[C@@H](C)C[C@@H](C)[C@H](NC(=O)OC(C)(C)C(F)(F)F)C(=O)N4C3)nc2c1. The van der Waals surface area contributed by atoms with Gasteiger partial charge in [0.15, 0.2) is 0 Å². The monoisotopic (exact) mass is 904 g/mol. The zero-order valence-corrected chi connectivity index (χ0v) is 35.7. The lowest BCUT2D eigenvalue weighted by Gasteiger charge is -2.34. The number of allylic oxidation sites excluding steroid dienone is 1. The Morgan fingerprint density at radius 2 is 1.73 bits per heavy atom. The Labute approximate surface area is 354 Å². The van der Waals surface area contributed by atoms with Crippen molar-refractivity contribution in [3.05, 3.63) is 36.0 Å². The molecule has 62 heavy (non-hydrogen) atoms. The number of nitrogens with one attached hydrogen (secondary N) is 3. The lowest BCUT2D eigenvalue weighted by Crippen LogP contribution is -2.59. The molecule has 2 aliphatic carbocycles. The zero-order chi connectivity index (χ0) is 45.8. The van der Waals surface area contributed by atoms with Crippen molar-refractivity contribution >= 4 is 44.9 Å². The number of alkyl halides is 6. The highest BCUT2D eigenvalue weighted by atomic mass is 32.2. The second-order valence-corrected chi connectivity index (χ2v) is 19.6. The van der Waals surface area contributed by atoms with Crippen LogP contribution < -0.4 is 24.8 Å².